The topological polar surface area (TPSA) is 118 Å². The molecule has 32 heavy (non-hydrogen) atoms. The van der Waals surface area contributed by atoms with Crippen LogP contribution in [-0.2, 0) is 16.1 Å². The molecule has 2 aromatic heterocycles. The summed E-state index contributed by atoms with van der Waals surface area (Å²) < 4.78 is 37.5. The maximum absolute atomic E-state index is 12.3. The first-order valence-electron chi connectivity index (χ1n) is 9.74. The number of aliphatic carboxylic acids is 1. The van der Waals surface area contributed by atoms with Crippen LogP contribution in [0.2, 0.25) is 0 Å². The zero-order valence-electron chi connectivity index (χ0n) is 17.0. The molecule has 12 heteroatoms. The SMILES string of the molecule is O=C(NC[C@]12COC[C@H]1CN(Cc1cccnc1)C2)c1ccnnc1.O=C(O)C(F)(F)F. The number of hydrogen-bond acceptors (Lipinski definition) is 7. The smallest absolute Gasteiger partial charge is 0.475 e. The Morgan fingerprint density at radius 1 is 1.25 bits per heavy atom. The van der Waals surface area contributed by atoms with E-state index >= 15 is 0 Å². The quantitative estimate of drug-likeness (QED) is 0.698. The van der Waals surface area contributed by atoms with E-state index in [2.05, 4.69) is 31.5 Å². The second-order valence-electron chi connectivity index (χ2n) is 7.72. The summed E-state index contributed by atoms with van der Waals surface area (Å²) >= 11 is 0. The largest absolute Gasteiger partial charge is 0.490 e. The number of carboxylic acids is 1. The number of carbonyl (C=O) groups is 2. The van der Waals surface area contributed by atoms with Crippen molar-refractivity contribution in [3.63, 3.8) is 0 Å². The van der Waals surface area contributed by atoms with Crippen molar-refractivity contribution in [2.45, 2.75) is 12.7 Å². The van der Waals surface area contributed by atoms with E-state index in [1.54, 1.807) is 12.3 Å². The average Bonchev–Trinajstić information content (AvgIpc) is 3.30. The van der Waals surface area contributed by atoms with Crippen LogP contribution in [0.3, 0.4) is 0 Å². The lowest BCUT2D eigenvalue weighted by Crippen LogP contribution is -2.43. The van der Waals surface area contributed by atoms with Gasteiger partial charge in [0.15, 0.2) is 0 Å². The minimum atomic E-state index is -5.08. The number of nitrogens with zero attached hydrogens (tertiary/aromatic N) is 4. The van der Waals surface area contributed by atoms with Gasteiger partial charge in [-0.15, -0.1) is 0 Å². The molecule has 0 aliphatic carbocycles. The van der Waals surface area contributed by atoms with Crippen molar-refractivity contribution in [3.05, 3.63) is 54.1 Å². The van der Waals surface area contributed by atoms with Crippen LogP contribution < -0.4 is 5.32 Å². The number of carbonyl (C=O) groups excluding carboxylic acids is 1. The van der Waals surface area contributed by atoms with E-state index in [9.17, 15) is 18.0 Å². The second kappa shape index (κ2) is 10.0. The van der Waals surface area contributed by atoms with Gasteiger partial charge in [-0.2, -0.15) is 23.4 Å². The Balaban J connectivity index is 0.000000360. The van der Waals surface area contributed by atoms with Gasteiger partial charge in [-0.1, -0.05) is 6.07 Å². The fraction of sp³-hybridized carbons (Fsp3) is 0.450. The minimum Gasteiger partial charge on any atom is -0.475 e. The van der Waals surface area contributed by atoms with E-state index in [0.29, 0.717) is 24.6 Å². The number of halogens is 3. The van der Waals surface area contributed by atoms with Gasteiger partial charge in [0.2, 0.25) is 0 Å². The number of ether oxygens (including phenoxy) is 1. The summed E-state index contributed by atoms with van der Waals surface area (Å²) in [7, 11) is 0. The van der Waals surface area contributed by atoms with Crippen LogP contribution in [0.5, 0.6) is 0 Å². The van der Waals surface area contributed by atoms with Crippen molar-refractivity contribution in [2.24, 2.45) is 11.3 Å². The van der Waals surface area contributed by atoms with Crippen LogP contribution in [-0.4, -0.2) is 76.1 Å². The summed E-state index contributed by atoms with van der Waals surface area (Å²) in [5.74, 6) is -2.42. The molecule has 2 aromatic rings. The van der Waals surface area contributed by atoms with Crippen molar-refractivity contribution in [1.29, 1.82) is 0 Å². The third kappa shape index (κ3) is 5.98. The number of rotatable bonds is 5. The average molecular weight is 453 g/mol. The van der Waals surface area contributed by atoms with Gasteiger partial charge in [0.25, 0.3) is 5.91 Å². The first-order valence-corrected chi connectivity index (χ1v) is 9.74. The van der Waals surface area contributed by atoms with Gasteiger partial charge in [-0.25, -0.2) is 4.79 Å². The molecule has 4 heterocycles. The highest BCUT2D eigenvalue weighted by Crippen LogP contribution is 2.41. The van der Waals surface area contributed by atoms with E-state index in [1.807, 2.05) is 12.3 Å². The van der Waals surface area contributed by atoms with Crippen LogP contribution in [0.25, 0.3) is 0 Å². The zero-order chi connectivity index (χ0) is 23.2. The normalized spacial score (nSPS) is 22.5. The summed E-state index contributed by atoms with van der Waals surface area (Å²) in [4.78, 5) is 27.8. The molecule has 2 N–H and O–H groups in total. The second-order valence-corrected chi connectivity index (χ2v) is 7.72. The molecule has 2 atom stereocenters. The van der Waals surface area contributed by atoms with Crippen molar-refractivity contribution in [3.8, 4) is 0 Å². The molecular formula is C20H22F3N5O4. The van der Waals surface area contributed by atoms with Crippen LogP contribution >= 0.6 is 0 Å². The fourth-order valence-electron chi connectivity index (χ4n) is 3.85. The van der Waals surface area contributed by atoms with Crippen molar-refractivity contribution < 1.29 is 32.6 Å². The van der Waals surface area contributed by atoms with Gasteiger partial charge in [0.1, 0.15) is 0 Å². The van der Waals surface area contributed by atoms with E-state index in [-0.39, 0.29) is 11.3 Å². The summed E-state index contributed by atoms with van der Waals surface area (Å²) in [6.07, 6.45) is 1.63. The molecule has 9 nitrogen and oxygen atoms in total. The first-order chi connectivity index (χ1) is 15.2. The highest BCUT2D eigenvalue weighted by molar-refractivity contribution is 5.93. The van der Waals surface area contributed by atoms with E-state index < -0.39 is 12.1 Å². The van der Waals surface area contributed by atoms with Gasteiger partial charge in [0, 0.05) is 49.9 Å². The molecule has 0 radical (unpaired) electrons. The first kappa shape index (κ1) is 23.5. The molecule has 0 saturated carbocycles. The highest BCUT2D eigenvalue weighted by atomic mass is 19.4. The number of carboxylic acid groups (broad SMARTS) is 1. The lowest BCUT2D eigenvalue weighted by molar-refractivity contribution is -0.192. The Morgan fingerprint density at radius 3 is 2.66 bits per heavy atom. The number of likely N-dealkylation sites (tertiary alicyclic amines) is 1. The Kier molecular flexibility index (Phi) is 7.36. The molecule has 172 valence electrons. The van der Waals surface area contributed by atoms with Crippen LogP contribution in [0.15, 0.2) is 43.0 Å². The molecule has 2 aliphatic heterocycles. The zero-order valence-corrected chi connectivity index (χ0v) is 17.0. The van der Waals surface area contributed by atoms with Crippen LogP contribution in [0.4, 0.5) is 13.2 Å². The van der Waals surface area contributed by atoms with Gasteiger partial charge in [0.05, 0.1) is 31.2 Å². The van der Waals surface area contributed by atoms with E-state index in [4.69, 9.17) is 14.6 Å². The van der Waals surface area contributed by atoms with Crippen LogP contribution in [0, 0.1) is 11.3 Å². The monoisotopic (exact) mass is 453 g/mol. The summed E-state index contributed by atoms with van der Waals surface area (Å²) in [6, 6.07) is 5.74. The molecule has 0 bridgehead atoms. The highest BCUT2D eigenvalue weighted by Gasteiger charge is 2.50. The van der Waals surface area contributed by atoms with Gasteiger partial charge >= 0.3 is 12.1 Å². The molecule has 4 rings (SSSR count). The van der Waals surface area contributed by atoms with Crippen molar-refractivity contribution in [2.75, 3.05) is 32.8 Å². The Morgan fingerprint density at radius 2 is 2.03 bits per heavy atom. The Bertz CT molecular complexity index is 916. The van der Waals surface area contributed by atoms with Gasteiger partial charge < -0.3 is 15.2 Å². The number of aromatic nitrogens is 3. The molecule has 1 amide bonds. The number of amides is 1. The third-order valence-corrected chi connectivity index (χ3v) is 5.41. The minimum absolute atomic E-state index is 0.0155. The summed E-state index contributed by atoms with van der Waals surface area (Å²) in [5.41, 5.74) is 1.73. The lowest BCUT2D eigenvalue weighted by atomic mass is 9.81. The molecule has 2 saturated heterocycles. The molecule has 0 unspecified atom stereocenters. The number of alkyl halides is 3. The van der Waals surface area contributed by atoms with Crippen LogP contribution in [0.1, 0.15) is 15.9 Å². The summed E-state index contributed by atoms with van der Waals surface area (Å²) in [6.45, 7) is 4.85. The fourth-order valence-corrected chi connectivity index (χ4v) is 3.85. The summed E-state index contributed by atoms with van der Waals surface area (Å²) in [5, 5.41) is 17.7. The predicted molar refractivity (Wildman–Crippen MR) is 104 cm³/mol. The maximum Gasteiger partial charge on any atom is 0.490 e. The molecular weight excluding hydrogens is 431 g/mol. The third-order valence-electron chi connectivity index (χ3n) is 5.41. The van der Waals surface area contributed by atoms with Crippen molar-refractivity contribution in [1.82, 2.24) is 25.4 Å². The molecule has 0 spiro atoms. The van der Waals surface area contributed by atoms with E-state index in [0.717, 1.165) is 26.2 Å². The molecule has 2 aliphatic rings. The molecule has 2 fully saturated rings. The number of fused-ring (bicyclic) bond motifs is 1. The predicted octanol–water partition coefficient (Wildman–Crippen LogP) is 1.38. The van der Waals surface area contributed by atoms with Gasteiger partial charge in [-0.05, 0) is 17.7 Å². The maximum atomic E-state index is 12.3. The Labute approximate surface area is 181 Å². The standard InChI is InChI=1S/C18H21N5O2.C2HF3O2/c24-17(15-3-5-21-22-7-15)20-11-18-12-23(9-16(18)10-25-13-18)8-14-2-1-4-19-6-14;3-2(4,5)1(6)7/h1-7,16H,8-13H2,(H,20,24);(H,6,7)/t16-,18+;/m1./s1. The number of pyridine rings is 1. The Hall–Kier alpha value is -3.12. The number of nitrogens with one attached hydrogen (secondary N) is 1. The van der Waals surface area contributed by atoms with E-state index in [1.165, 1.54) is 18.0 Å². The lowest BCUT2D eigenvalue weighted by Gasteiger charge is -2.27. The number of hydrogen-bond donors (Lipinski definition) is 2. The van der Waals surface area contributed by atoms with Crippen molar-refractivity contribution >= 4 is 11.9 Å². The van der Waals surface area contributed by atoms with Gasteiger partial charge in [-0.3, -0.25) is 14.7 Å². The molecule has 0 aromatic carbocycles.